The largest absolute Gasteiger partial charge is 0.467 e. The molecule has 0 amide bonds. The molecular weight excluding hydrogens is 332 g/mol. The number of methoxy groups -OCH3 is 1. The van der Waals surface area contributed by atoms with Gasteiger partial charge in [-0.3, -0.25) is 0 Å². The van der Waals surface area contributed by atoms with Crippen molar-refractivity contribution in [3.05, 3.63) is 58.5 Å². The SMILES string of the molecule is COC(=O)C(C)(C)N1N=C(c2cccc(Cl)c2)c2occc2C1O. The summed E-state index contributed by atoms with van der Waals surface area (Å²) in [4.78, 5) is 12.1. The van der Waals surface area contributed by atoms with Crippen molar-refractivity contribution >= 4 is 23.3 Å². The molecule has 1 atom stereocenters. The molecule has 0 radical (unpaired) electrons. The molecule has 1 aliphatic rings. The summed E-state index contributed by atoms with van der Waals surface area (Å²) in [6.45, 7) is 3.26. The normalized spacial score (nSPS) is 17.3. The highest BCUT2D eigenvalue weighted by Crippen LogP contribution is 2.36. The average Bonchev–Trinajstić information content (AvgIpc) is 3.04. The highest BCUT2D eigenvalue weighted by atomic mass is 35.5. The smallest absolute Gasteiger partial charge is 0.332 e. The van der Waals surface area contributed by atoms with E-state index >= 15 is 0 Å². The number of esters is 1. The third-order valence-corrected chi connectivity index (χ3v) is 4.22. The number of benzene rings is 1. The summed E-state index contributed by atoms with van der Waals surface area (Å²) in [5, 5.41) is 17.0. The van der Waals surface area contributed by atoms with Gasteiger partial charge in [-0.1, -0.05) is 23.7 Å². The molecule has 0 fully saturated rings. The Morgan fingerprint density at radius 2 is 2.17 bits per heavy atom. The van der Waals surface area contributed by atoms with Crippen molar-refractivity contribution in [1.29, 1.82) is 0 Å². The van der Waals surface area contributed by atoms with Crippen LogP contribution in [0.5, 0.6) is 0 Å². The molecule has 0 spiro atoms. The number of hydrogen-bond donors (Lipinski definition) is 1. The van der Waals surface area contributed by atoms with Gasteiger partial charge in [0.2, 0.25) is 0 Å². The molecule has 1 aliphatic heterocycles. The second-order valence-corrected chi connectivity index (χ2v) is 6.37. The Kier molecular flexibility index (Phi) is 4.11. The maximum atomic E-state index is 12.1. The number of nitrogens with zero attached hydrogens (tertiary/aromatic N) is 2. The van der Waals surface area contributed by atoms with Gasteiger partial charge in [-0.25, -0.2) is 9.80 Å². The molecule has 1 aromatic heterocycles. The number of carbonyl (C=O) groups is 1. The highest BCUT2D eigenvalue weighted by Gasteiger charge is 2.43. The number of ether oxygens (including phenoxy) is 1. The van der Waals surface area contributed by atoms with Gasteiger partial charge in [0.25, 0.3) is 0 Å². The van der Waals surface area contributed by atoms with Crippen LogP contribution in [-0.2, 0) is 9.53 Å². The molecule has 6 nitrogen and oxygen atoms in total. The molecule has 1 unspecified atom stereocenters. The third kappa shape index (κ3) is 2.57. The van der Waals surface area contributed by atoms with Crippen LogP contribution in [0.25, 0.3) is 0 Å². The van der Waals surface area contributed by atoms with Gasteiger partial charge in [-0.05, 0) is 32.0 Å². The van der Waals surface area contributed by atoms with Crippen molar-refractivity contribution in [2.24, 2.45) is 5.10 Å². The number of halogens is 1. The lowest BCUT2D eigenvalue weighted by molar-refractivity contribution is -0.162. The fraction of sp³-hybridized carbons (Fsp3) is 0.294. The number of carbonyl (C=O) groups excluding carboxylic acids is 1. The first-order valence-electron chi connectivity index (χ1n) is 7.34. The number of aliphatic hydroxyl groups is 1. The standard InChI is InChI=1S/C17H17ClN2O4/c1-17(2,16(22)23-3)20-15(21)12-7-8-24-14(12)13(19-20)10-5-4-6-11(18)9-10/h4-9,15,21H,1-3H3. The van der Waals surface area contributed by atoms with Crippen LogP contribution in [0, 0.1) is 0 Å². The summed E-state index contributed by atoms with van der Waals surface area (Å²) in [5.74, 6) is -0.0654. The van der Waals surface area contributed by atoms with E-state index in [0.29, 0.717) is 22.1 Å². The molecule has 24 heavy (non-hydrogen) atoms. The number of aliphatic hydroxyl groups excluding tert-OH is 1. The van der Waals surface area contributed by atoms with Crippen LogP contribution in [0.3, 0.4) is 0 Å². The summed E-state index contributed by atoms with van der Waals surface area (Å²) in [6, 6.07) is 8.78. The van der Waals surface area contributed by atoms with E-state index in [-0.39, 0.29) is 0 Å². The first-order chi connectivity index (χ1) is 11.4. The molecule has 2 aromatic rings. The monoisotopic (exact) mass is 348 g/mol. The van der Waals surface area contributed by atoms with Crippen LogP contribution in [-0.4, -0.2) is 34.4 Å². The van der Waals surface area contributed by atoms with Crippen LogP contribution < -0.4 is 0 Å². The molecule has 7 heteroatoms. The third-order valence-electron chi connectivity index (χ3n) is 3.98. The second-order valence-electron chi connectivity index (χ2n) is 5.93. The Bertz CT molecular complexity index is 812. The van der Waals surface area contributed by atoms with Gasteiger partial charge < -0.3 is 14.3 Å². The van der Waals surface area contributed by atoms with Gasteiger partial charge in [0, 0.05) is 10.6 Å². The molecule has 3 rings (SSSR count). The first kappa shape index (κ1) is 16.5. The Labute approximate surface area is 144 Å². The van der Waals surface area contributed by atoms with E-state index in [1.54, 1.807) is 38.1 Å². The zero-order valence-electron chi connectivity index (χ0n) is 13.5. The van der Waals surface area contributed by atoms with Crippen molar-refractivity contribution in [3.8, 4) is 0 Å². The highest BCUT2D eigenvalue weighted by molar-refractivity contribution is 6.31. The first-order valence-corrected chi connectivity index (χ1v) is 7.72. The van der Waals surface area contributed by atoms with Gasteiger partial charge in [0.05, 0.1) is 18.9 Å². The minimum atomic E-state index is -1.17. The van der Waals surface area contributed by atoms with Crippen molar-refractivity contribution in [2.45, 2.75) is 25.6 Å². The summed E-state index contributed by atoms with van der Waals surface area (Å²) < 4.78 is 10.3. The van der Waals surface area contributed by atoms with E-state index in [9.17, 15) is 9.90 Å². The number of fused-ring (bicyclic) bond motifs is 1. The van der Waals surface area contributed by atoms with E-state index in [4.69, 9.17) is 20.8 Å². The quantitative estimate of drug-likeness (QED) is 0.863. The van der Waals surface area contributed by atoms with E-state index in [2.05, 4.69) is 5.10 Å². The van der Waals surface area contributed by atoms with Crippen LogP contribution in [0.2, 0.25) is 5.02 Å². The zero-order valence-corrected chi connectivity index (χ0v) is 14.2. The Morgan fingerprint density at radius 1 is 1.42 bits per heavy atom. The number of hydrogen-bond acceptors (Lipinski definition) is 6. The van der Waals surface area contributed by atoms with Crippen LogP contribution in [0.15, 0.2) is 46.1 Å². The average molecular weight is 349 g/mol. The predicted molar refractivity (Wildman–Crippen MR) is 88.7 cm³/mol. The van der Waals surface area contributed by atoms with Gasteiger partial charge >= 0.3 is 5.97 Å². The minimum absolute atomic E-state index is 0.446. The fourth-order valence-electron chi connectivity index (χ4n) is 2.65. The maximum Gasteiger partial charge on any atom is 0.332 e. The van der Waals surface area contributed by atoms with E-state index in [1.807, 2.05) is 6.07 Å². The van der Waals surface area contributed by atoms with Gasteiger partial charge in [0.15, 0.2) is 17.5 Å². The summed E-state index contributed by atoms with van der Waals surface area (Å²) in [6.07, 6.45) is 0.346. The predicted octanol–water partition coefficient (Wildman–Crippen LogP) is 2.94. The summed E-state index contributed by atoms with van der Waals surface area (Å²) in [7, 11) is 1.30. The summed E-state index contributed by atoms with van der Waals surface area (Å²) >= 11 is 6.07. The van der Waals surface area contributed by atoms with Crippen molar-refractivity contribution < 1.29 is 19.1 Å². The minimum Gasteiger partial charge on any atom is -0.467 e. The van der Waals surface area contributed by atoms with Crippen LogP contribution >= 0.6 is 11.6 Å². The van der Waals surface area contributed by atoms with Crippen molar-refractivity contribution in [2.75, 3.05) is 7.11 Å². The molecule has 0 saturated carbocycles. The van der Waals surface area contributed by atoms with Crippen LogP contribution in [0.4, 0.5) is 0 Å². The van der Waals surface area contributed by atoms with Crippen molar-refractivity contribution in [1.82, 2.24) is 5.01 Å². The van der Waals surface area contributed by atoms with E-state index in [0.717, 1.165) is 5.56 Å². The lowest BCUT2D eigenvalue weighted by Crippen LogP contribution is -2.51. The molecule has 0 aliphatic carbocycles. The Hall–Kier alpha value is -2.31. The lowest BCUT2D eigenvalue weighted by Gasteiger charge is -2.39. The molecule has 0 saturated heterocycles. The molecule has 1 N–H and O–H groups in total. The fourth-order valence-corrected chi connectivity index (χ4v) is 2.84. The summed E-state index contributed by atoms with van der Waals surface area (Å²) in [5.41, 5.74) is 0.556. The molecule has 126 valence electrons. The Morgan fingerprint density at radius 3 is 2.83 bits per heavy atom. The molecule has 0 bridgehead atoms. The number of furan rings is 1. The Balaban J connectivity index is 2.16. The topological polar surface area (TPSA) is 75.3 Å². The molecule has 1 aromatic carbocycles. The number of rotatable bonds is 3. The van der Waals surface area contributed by atoms with Crippen molar-refractivity contribution in [3.63, 3.8) is 0 Å². The zero-order chi connectivity index (χ0) is 17.5. The van der Waals surface area contributed by atoms with Crippen LogP contribution in [0.1, 0.15) is 37.0 Å². The molecule has 2 heterocycles. The van der Waals surface area contributed by atoms with E-state index in [1.165, 1.54) is 18.4 Å². The van der Waals surface area contributed by atoms with E-state index < -0.39 is 17.7 Å². The number of hydrazone groups is 1. The molecular formula is C17H17ClN2O4. The lowest BCUT2D eigenvalue weighted by atomic mass is 9.98. The van der Waals surface area contributed by atoms with Gasteiger partial charge in [-0.2, -0.15) is 5.10 Å². The van der Waals surface area contributed by atoms with Gasteiger partial charge in [0.1, 0.15) is 5.71 Å². The second kappa shape index (κ2) is 5.96. The maximum absolute atomic E-state index is 12.1. The van der Waals surface area contributed by atoms with Gasteiger partial charge in [-0.15, -0.1) is 0 Å².